The second-order valence-corrected chi connectivity index (χ2v) is 6.46. The van der Waals surface area contributed by atoms with Gasteiger partial charge in [0, 0.05) is 18.9 Å². The molecule has 0 unspecified atom stereocenters. The summed E-state index contributed by atoms with van der Waals surface area (Å²) in [5.74, 6) is 0.313. The number of hydrogen-bond donors (Lipinski definition) is 3. The molecule has 3 aromatic heterocycles. The van der Waals surface area contributed by atoms with E-state index < -0.39 is 11.2 Å². The summed E-state index contributed by atoms with van der Waals surface area (Å²) in [6.07, 6.45) is 3.02. The summed E-state index contributed by atoms with van der Waals surface area (Å²) < 4.78 is 5.69. The zero-order chi connectivity index (χ0) is 20.9. The number of hydrogen-bond acceptors (Lipinski definition) is 6. The molecule has 0 fully saturated rings. The van der Waals surface area contributed by atoms with Crippen LogP contribution < -0.4 is 21.3 Å². The number of carbonyl (C=O) groups excluding carboxylic acids is 1. The van der Waals surface area contributed by atoms with Crippen molar-refractivity contribution in [3.63, 3.8) is 0 Å². The molecule has 0 spiro atoms. The fraction of sp³-hybridized carbons (Fsp3) is 0.0952. The van der Waals surface area contributed by atoms with E-state index in [1.54, 1.807) is 6.20 Å². The molecule has 3 heterocycles. The number of aromatic nitrogens is 4. The number of benzene rings is 1. The van der Waals surface area contributed by atoms with Gasteiger partial charge in [0.25, 0.3) is 11.5 Å². The smallest absolute Gasteiger partial charge is 0.327 e. The number of nitrogens with one attached hydrogen (secondary N) is 3. The van der Waals surface area contributed by atoms with Crippen LogP contribution in [-0.4, -0.2) is 25.8 Å². The molecule has 30 heavy (non-hydrogen) atoms. The van der Waals surface area contributed by atoms with Gasteiger partial charge in [0.2, 0.25) is 0 Å². The average molecular weight is 403 g/mol. The molecule has 0 aliphatic carbocycles. The maximum Gasteiger partial charge on any atom is 0.327 e. The molecule has 0 aliphatic heterocycles. The maximum atomic E-state index is 12.4. The van der Waals surface area contributed by atoms with E-state index in [1.165, 1.54) is 12.3 Å². The largest absolute Gasteiger partial charge is 0.487 e. The summed E-state index contributed by atoms with van der Waals surface area (Å²) in [6, 6.07) is 14.4. The number of amides is 1. The van der Waals surface area contributed by atoms with Crippen molar-refractivity contribution in [2.75, 3.05) is 0 Å². The highest BCUT2D eigenvalue weighted by Crippen LogP contribution is 2.14. The summed E-state index contributed by atoms with van der Waals surface area (Å²) in [7, 11) is 0. The van der Waals surface area contributed by atoms with Crippen LogP contribution in [0.2, 0.25) is 0 Å². The lowest BCUT2D eigenvalue weighted by molar-refractivity contribution is 0.0950. The number of rotatable bonds is 6. The lowest BCUT2D eigenvalue weighted by atomic mass is 10.2. The zero-order valence-corrected chi connectivity index (χ0v) is 15.7. The van der Waals surface area contributed by atoms with Gasteiger partial charge < -0.3 is 10.1 Å². The Balaban J connectivity index is 1.37. The first-order chi connectivity index (χ1) is 14.6. The lowest BCUT2D eigenvalue weighted by Gasteiger charge is -2.08. The van der Waals surface area contributed by atoms with Crippen molar-refractivity contribution in [1.29, 1.82) is 0 Å². The molecular formula is C21H17N5O4. The number of fused-ring (bicyclic) bond motifs is 1. The van der Waals surface area contributed by atoms with Gasteiger partial charge in [-0.3, -0.25) is 24.5 Å². The Morgan fingerprint density at radius 2 is 1.87 bits per heavy atom. The number of H-pyrrole nitrogens is 2. The number of aromatic amines is 2. The van der Waals surface area contributed by atoms with Gasteiger partial charge in [0.05, 0.1) is 16.6 Å². The first-order valence-corrected chi connectivity index (χ1v) is 9.11. The van der Waals surface area contributed by atoms with E-state index >= 15 is 0 Å². The Labute approximate surface area is 169 Å². The van der Waals surface area contributed by atoms with E-state index in [2.05, 4.69) is 25.3 Å². The predicted octanol–water partition coefficient (Wildman–Crippen LogP) is 1.52. The molecule has 0 atom stereocenters. The van der Waals surface area contributed by atoms with Crippen molar-refractivity contribution in [2.24, 2.45) is 0 Å². The highest BCUT2D eigenvalue weighted by molar-refractivity contribution is 5.96. The first-order valence-electron chi connectivity index (χ1n) is 9.11. The van der Waals surface area contributed by atoms with Gasteiger partial charge >= 0.3 is 5.69 Å². The van der Waals surface area contributed by atoms with E-state index in [0.29, 0.717) is 18.9 Å². The molecule has 0 saturated carbocycles. The van der Waals surface area contributed by atoms with Crippen LogP contribution in [0.3, 0.4) is 0 Å². The minimum absolute atomic E-state index is 0.126. The molecule has 1 amide bonds. The number of carbonyl (C=O) groups is 1. The van der Waals surface area contributed by atoms with Crippen molar-refractivity contribution in [3.8, 4) is 5.75 Å². The van der Waals surface area contributed by atoms with E-state index in [0.717, 1.165) is 11.3 Å². The van der Waals surface area contributed by atoms with Gasteiger partial charge in [0.15, 0.2) is 0 Å². The van der Waals surface area contributed by atoms with Gasteiger partial charge in [-0.1, -0.05) is 18.2 Å². The van der Waals surface area contributed by atoms with Crippen LogP contribution in [0.1, 0.15) is 21.6 Å². The molecule has 4 aromatic rings. The highest BCUT2D eigenvalue weighted by Gasteiger charge is 2.10. The molecule has 9 nitrogen and oxygen atoms in total. The summed E-state index contributed by atoms with van der Waals surface area (Å²) in [6.45, 7) is 0.662. The third kappa shape index (κ3) is 4.41. The quantitative estimate of drug-likeness (QED) is 0.447. The van der Waals surface area contributed by atoms with Crippen molar-refractivity contribution < 1.29 is 9.53 Å². The van der Waals surface area contributed by atoms with Crippen LogP contribution in [0.25, 0.3) is 11.0 Å². The molecule has 9 heteroatoms. The topological polar surface area (TPSA) is 130 Å². The van der Waals surface area contributed by atoms with Crippen LogP contribution in [0.4, 0.5) is 0 Å². The standard InChI is InChI=1S/C21H17N5O4/c27-19(14-9-17-18(23-11-14)25-21(29)26-20(17)28)24-10-13-4-6-16(7-5-13)30-12-15-3-1-2-8-22-15/h1-9,11H,10,12H2,(H,24,27)(H2,23,25,26,28,29). The molecule has 0 saturated heterocycles. The zero-order valence-electron chi connectivity index (χ0n) is 15.7. The van der Waals surface area contributed by atoms with E-state index in [9.17, 15) is 14.4 Å². The van der Waals surface area contributed by atoms with Crippen LogP contribution in [0.5, 0.6) is 5.75 Å². The molecule has 1 aromatic carbocycles. The normalized spacial score (nSPS) is 10.7. The Morgan fingerprint density at radius 1 is 1.03 bits per heavy atom. The maximum absolute atomic E-state index is 12.4. The third-order valence-corrected chi connectivity index (χ3v) is 4.34. The van der Waals surface area contributed by atoms with Crippen molar-refractivity contribution >= 4 is 16.9 Å². The van der Waals surface area contributed by atoms with Gasteiger partial charge in [-0.2, -0.15) is 0 Å². The van der Waals surface area contributed by atoms with Crippen LogP contribution in [0, 0.1) is 0 Å². The summed E-state index contributed by atoms with van der Waals surface area (Å²) in [5.41, 5.74) is 0.809. The van der Waals surface area contributed by atoms with Crippen molar-refractivity contribution in [2.45, 2.75) is 13.2 Å². The SMILES string of the molecule is O=C(NCc1ccc(OCc2ccccn2)cc1)c1cnc2[nH]c(=O)[nH]c(=O)c2c1. The van der Waals surface area contributed by atoms with E-state index in [-0.39, 0.29) is 22.5 Å². The molecule has 3 N–H and O–H groups in total. The Morgan fingerprint density at radius 3 is 2.63 bits per heavy atom. The van der Waals surface area contributed by atoms with Gasteiger partial charge in [-0.05, 0) is 35.9 Å². The number of ether oxygens (including phenoxy) is 1. The Bertz CT molecular complexity index is 1300. The summed E-state index contributed by atoms with van der Waals surface area (Å²) in [5, 5.41) is 2.91. The minimum Gasteiger partial charge on any atom is -0.487 e. The summed E-state index contributed by atoms with van der Waals surface area (Å²) >= 11 is 0. The first kappa shape index (κ1) is 19.1. The van der Waals surface area contributed by atoms with Crippen LogP contribution in [-0.2, 0) is 13.2 Å². The lowest BCUT2D eigenvalue weighted by Crippen LogP contribution is -2.25. The average Bonchev–Trinajstić information content (AvgIpc) is 2.77. The molecule has 0 aliphatic rings. The van der Waals surface area contributed by atoms with Gasteiger partial charge in [0.1, 0.15) is 18.0 Å². The molecule has 0 radical (unpaired) electrons. The van der Waals surface area contributed by atoms with Crippen LogP contribution in [0.15, 0.2) is 70.5 Å². The van der Waals surface area contributed by atoms with E-state index in [1.807, 2.05) is 42.5 Å². The Kier molecular flexibility index (Phi) is 5.33. The molecule has 4 rings (SSSR count). The fourth-order valence-corrected chi connectivity index (χ4v) is 2.80. The van der Waals surface area contributed by atoms with Gasteiger partial charge in [-0.25, -0.2) is 9.78 Å². The summed E-state index contributed by atoms with van der Waals surface area (Å²) in [4.78, 5) is 48.2. The molecular weight excluding hydrogens is 386 g/mol. The number of pyridine rings is 2. The van der Waals surface area contributed by atoms with E-state index in [4.69, 9.17) is 4.74 Å². The minimum atomic E-state index is -0.648. The van der Waals surface area contributed by atoms with Crippen molar-refractivity contribution in [1.82, 2.24) is 25.3 Å². The fourth-order valence-electron chi connectivity index (χ4n) is 2.80. The second-order valence-electron chi connectivity index (χ2n) is 6.46. The predicted molar refractivity (Wildman–Crippen MR) is 109 cm³/mol. The monoisotopic (exact) mass is 403 g/mol. The third-order valence-electron chi connectivity index (χ3n) is 4.34. The molecule has 150 valence electrons. The highest BCUT2D eigenvalue weighted by atomic mass is 16.5. The second kappa shape index (κ2) is 8.39. The van der Waals surface area contributed by atoms with Crippen molar-refractivity contribution in [3.05, 3.63) is 98.6 Å². The Hall–Kier alpha value is -4.27. The van der Waals surface area contributed by atoms with Crippen LogP contribution >= 0.6 is 0 Å². The number of nitrogens with zero attached hydrogens (tertiary/aromatic N) is 2. The molecule has 0 bridgehead atoms. The van der Waals surface area contributed by atoms with Gasteiger partial charge in [-0.15, -0.1) is 0 Å².